The van der Waals surface area contributed by atoms with Crippen molar-refractivity contribution in [3.8, 4) is 0 Å². The SMILES string of the molecule is CCC(C)(O)C[CH2][Zr]([C]1=CC=CC1)[C]1=CC=CC1. The van der Waals surface area contributed by atoms with Crippen molar-refractivity contribution in [3.63, 3.8) is 0 Å². The molecule has 0 aromatic heterocycles. The molecule has 2 aliphatic carbocycles. The summed E-state index contributed by atoms with van der Waals surface area (Å²) in [6.07, 6.45) is 17.8. The van der Waals surface area contributed by atoms with Gasteiger partial charge in [0.1, 0.15) is 0 Å². The van der Waals surface area contributed by atoms with Crippen LogP contribution in [0.15, 0.2) is 43.0 Å². The van der Waals surface area contributed by atoms with Crippen LogP contribution in [0.3, 0.4) is 0 Å². The van der Waals surface area contributed by atoms with Gasteiger partial charge in [-0.05, 0) is 0 Å². The molecule has 0 aromatic rings. The molecule has 2 rings (SSSR count). The van der Waals surface area contributed by atoms with Crippen LogP contribution >= 0.6 is 0 Å². The second-order valence-corrected chi connectivity index (χ2v) is 12.2. The Morgan fingerprint density at radius 3 is 2.11 bits per heavy atom. The summed E-state index contributed by atoms with van der Waals surface area (Å²) < 4.78 is 4.67. The second kappa shape index (κ2) is 6.30. The summed E-state index contributed by atoms with van der Waals surface area (Å²) in [4.78, 5) is 0. The van der Waals surface area contributed by atoms with Crippen molar-refractivity contribution in [1.29, 1.82) is 0 Å². The Bertz CT molecular complexity index is 383. The van der Waals surface area contributed by atoms with Gasteiger partial charge in [0.2, 0.25) is 0 Å². The summed E-state index contributed by atoms with van der Waals surface area (Å²) in [7, 11) is 0. The molecule has 0 fully saturated rings. The Kier molecular flexibility index (Phi) is 4.98. The van der Waals surface area contributed by atoms with Gasteiger partial charge in [-0.1, -0.05) is 0 Å². The zero-order chi connectivity index (χ0) is 13.0. The molecule has 97 valence electrons. The topological polar surface area (TPSA) is 20.2 Å². The van der Waals surface area contributed by atoms with Crippen LogP contribution in [0.2, 0.25) is 4.13 Å². The number of hydrogen-bond donors (Lipinski definition) is 1. The third-order valence-corrected chi connectivity index (χ3v) is 11.5. The summed E-state index contributed by atoms with van der Waals surface area (Å²) in [6.45, 7) is 4.06. The molecule has 1 N–H and O–H groups in total. The van der Waals surface area contributed by atoms with Crippen molar-refractivity contribution in [2.45, 2.75) is 49.3 Å². The first-order valence-electron chi connectivity index (χ1n) is 6.93. The van der Waals surface area contributed by atoms with E-state index in [0.717, 1.165) is 12.8 Å². The van der Waals surface area contributed by atoms with E-state index in [9.17, 15) is 5.11 Å². The number of rotatable bonds is 6. The van der Waals surface area contributed by atoms with Gasteiger partial charge in [0.15, 0.2) is 0 Å². The number of aliphatic hydroxyl groups is 1. The van der Waals surface area contributed by atoms with Gasteiger partial charge in [0.25, 0.3) is 0 Å². The maximum atomic E-state index is 10.2. The molecule has 1 atom stereocenters. The van der Waals surface area contributed by atoms with Crippen LogP contribution in [0.4, 0.5) is 0 Å². The molecule has 0 radical (unpaired) electrons. The van der Waals surface area contributed by atoms with Gasteiger partial charge in [0, 0.05) is 0 Å². The van der Waals surface area contributed by atoms with Crippen LogP contribution < -0.4 is 0 Å². The van der Waals surface area contributed by atoms with Gasteiger partial charge in [-0.3, -0.25) is 0 Å². The van der Waals surface area contributed by atoms with Gasteiger partial charge < -0.3 is 0 Å². The van der Waals surface area contributed by atoms with E-state index >= 15 is 0 Å². The van der Waals surface area contributed by atoms with Crippen LogP contribution in [0, 0.1) is 0 Å². The van der Waals surface area contributed by atoms with Crippen molar-refractivity contribution in [2.24, 2.45) is 0 Å². The van der Waals surface area contributed by atoms with E-state index in [1.165, 1.54) is 17.0 Å². The third kappa shape index (κ3) is 3.65. The first kappa shape index (κ1) is 14.2. The summed E-state index contributed by atoms with van der Waals surface area (Å²) in [5, 5.41) is 10.2. The Labute approximate surface area is 119 Å². The zero-order valence-corrected chi connectivity index (χ0v) is 13.9. The fourth-order valence-corrected chi connectivity index (χ4v) is 10.2. The summed E-state index contributed by atoms with van der Waals surface area (Å²) in [5.41, 5.74) is -0.467. The summed E-state index contributed by atoms with van der Waals surface area (Å²) in [5.74, 6) is 0. The molecule has 0 amide bonds. The van der Waals surface area contributed by atoms with E-state index in [0.29, 0.717) is 0 Å². The molecule has 0 saturated carbocycles. The molecule has 1 nitrogen and oxygen atoms in total. The Balaban J connectivity index is 2.01. The Morgan fingerprint density at radius 2 is 1.72 bits per heavy atom. The molecule has 0 heterocycles. The van der Waals surface area contributed by atoms with E-state index in [-0.39, 0.29) is 0 Å². The first-order chi connectivity index (χ1) is 8.62. The molecular formula is C16H23OZr. The second-order valence-electron chi connectivity index (χ2n) is 5.48. The van der Waals surface area contributed by atoms with Crippen molar-refractivity contribution in [1.82, 2.24) is 0 Å². The molecule has 2 aliphatic rings. The van der Waals surface area contributed by atoms with Gasteiger partial charge in [-0.15, -0.1) is 0 Å². The van der Waals surface area contributed by atoms with E-state index in [1.54, 1.807) is 6.56 Å². The van der Waals surface area contributed by atoms with Crippen LogP contribution in [0.5, 0.6) is 0 Å². The number of hydrogen-bond acceptors (Lipinski definition) is 1. The normalized spacial score (nSPS) is 20.8. The Morgan fingerprint density at radius 1 is 1.17 bits per heavy atom. The van der Waals surface area contributed by atoms with Crippen molar-refractivity contribution < 1.29 is 26.9 Å². The minimum atomic E-state index is -1.65. The average molecular weight is 323 g/mol. The molecule has 0 spiro atoms. The molecule has 2 heteroatoms. The minimum absolute atomic E-state index is 0.467. The standard InChI is InChI=1S/C6H13O.2C5H5.Zr/c1-4-6(3,7)5-2;2*1-2-4-5-3-1;/h7H,1,4-5H2,2-3H3;2*1-3H,4H2;. The summed E-state index contributed by atoms with van der Waals surface area (Å²) in [6, 6.07) is 0. The van der Waals surface area contributed by atoms with Crippen LogP contribution in [-0.4, -0.2) is 10.7 Å². The summed E-state index contributed by atoms with van der Waals surface area (Å²) >= 11 is -1.65. The van der Waals surface area contributed by atoms with Crippen molar-refractivity contribution in [2.75, 3.05) is 0 Å². The van der Waals surface area contributed by atoms with Crippen LogP contribution in [-0.2, 0) is 21.8 Å². The van der Waals surface area contributed by atoms with Gasteiger partial charge in [-0.2, -0.15) is 0 Å². The first-order valence-corrected chi connectivity index (χ1v) is 11.1. The molecule has 0 saturated heterocycles. The Hall–Kier alpha value is -0.197. The average Bonchev–Trinajstić information content (AvgIpc) is 3.01. The van der Waals surface area contributed by atoms with Gasteiger partial charge in [0.05, 0.1) is 0 Å². The molecule has 0 aromatic carbocycles. The van der Waals surface area contributed by atoms with E-state index in [1.807, 2.05) is 6.92 Å². The van der Waals surface area contributed by atoms with Gasteiger partial charge in [-0.25, -0.2) is 0 Å². The van der Waals surface area contributed by atoms with E-state index in [4.69, 9.17) is 0 Å². The third-order valence-electron chi connectivity index (χ3n) is 3.99. The fraction of sp³-hybridized carbons (Fsp3) is 0.500. The predicted octanol–water partition coefficient (Wildman–Crippen LogP) is 4.26. The maximum absolute atomic E-state index is 10.2. The zero-order valence-electron chi connectivity index (χ0n) is 11.4. The monoisotopic (exact) mass is 321 g/mol. The number of allylic oxidation sites excluding steroid dienone is 8. The quantitative estimate of drug-likeness (QED) is 0.774. The van der Waals surface area contributed by atoms with Crippen molar-refractivity contribution in [3.05, 3.63) is 43.0 Å². The molecule has 1 unspecified atom stereocenters. The van der Waals surface area contributed by atoms with Crippen molar-refractivity contribution >= 4 is 0 Å². The van der Waals surface area contributed by atoms with E-state index in [2.05, 4.69) is 43.4 Å². The van der Waals surface area contributed by atoms with E-state index < -0.39 is 27.4 Å². The van der Waals surface area contributed by atoms with Crippen LogP contribution in [0.25, 0.3) is 0 Å². The molecule has 0 bridgehead atoms. The fourth-order valence-electron chi connectivity index (χ4n) is 2.44. The molecular weight excluding hydrogens is 299 g/mol. The van der Waals surface area contributed by atoms with Gasteiger partial charge >= 0.3 is 119 Å². The molecule has 0 aliphatic heterocycles. The predicted molar refractivity (Wildman–Crippen MR) is 74.0 cm³/mol. The molecule has 18 heavy (non-hydrogen) atoms. The van der Waals surface area contributed by atoms with Crippen LogP contribution in [0.1, 0.15) is 39.5 Å².